The molecule has 2 atom stereocenters. The SMILES string of the molecule is CCCN1CCC(Nc2cccc(NC(=O)c3ccc(F)cc3)c2)C(Cl)C1.Cl.Cl. The Kier molecular flexibility index (Phi) is 10.8. The van der Waals surface area contributed by atoms with E-state index in [4.69, 9.17) is 11.6 Å². The summed E-state index contributed by atoms with van der Waals surface area (Å²) in [5.74, 6) is -0.631. The van der Waals surface area contributed by atoms with E-state index in [1.807, 2.05) is 24.3 Å². The van der Waals surface area contributed by atoms with Crippen molar-refractivity contribution in [1.82, 2.24) is 4.90 Å². The molecule has 4 nitrogen and oxygen atoms in total. The van der Waals surface area contributed by atoms with E-state index in [1.54, 1.807) is 0 Å². The maximum atomic E-state index is 13.0. The zero-order valence-corrected chi connectivity index (χ0v) is 18.6. The predicted molar refractivity (Wildman–Crippen MR) is 124 cm³/mol. The summed E-state index contributed by atoms with van der Waals surface area (Å²) in [5.41, 5.74) is 2.02. The smallest absolute Gasteiger partial charge is 0.255 e. The molecule has 0 aromatic heterocycles. The van der Waals surface area contributed by atoms with Gasteiger partial charge in [0.2, 0.25) is 0 Å². The molecule has 1 saturated heterocycles. The predicted octanol–water partition coefficient (Wildman–Crippen LogP) is 5.43. The van der Waals surface area contributed by atoms with Crippen molar-refractivity contribution in [3.05, 3.63) is 59.9 Å². The van der Waals surface area contributed by atoms with Gasteiger partial charge in [-0.15, -0.1) is 36.4 Å². The fourth-order valence-electron chi connectivity index (χ4n) is 3.35. The van der Waals surface area contributed by atoms with Gasteiger partial charge in [-0.1, -0.05) is 13.0 Å². The minimum absolute atomic E-state index is 0. The molecule has 1 aliphatic rings. The molecule has 3 rings (SSSR count). The van der Waals surface area contributed by atoms with Gasteiger partial charge in [0, 0.05) is 36.1 Å². The number of piperidine rings is 1. The summed E-state index contributed by atoms with van der Waals surface area (Å²) in [6, 6.07) is 13.3. The molecule has 0 aliphatic carbocycles. The van der Waals surface area contributed by atoms with Crippen LogP contribution in [-0.4, -0.2) is 41.9 Å². The maximum Gasteiger partial charge on any atom is 0.255 e. The molecule has 0 radical (unpaired) electrons. The first-order chi connectivity index (χ1) is 13.0. The third-order valence-corrected chi connectivity index (χ3v) is 5.19. The van der Waals surface area contributed by atoms with Crippen LogP contribution in [0.2, 0.25) is 0 Å². The third-order valence-electron chi connectivity index (χ3n) is 4.74. The monoisotopic (exact) mass is 461 g/mol. The molecule has 29 heavy (non-hydrogen) atoms. The number of nitrogens with one attached hydrogen (secondary N) is 2. The zero-order valence-electron chi connectivity index (χ0n) is 16.2. The number of amides is 1. The number of carbonyl (C=O) groups is 1. The number of benzene rings is 2. The van der Waals surface area contributed by atoms with Crippen molar-refractivity contribution in [3.8, 4) is 0 Å². The van der Waals surface area contributed by atoms with Gasteiger partial charge in [-0.3, -0.25) is 4.79 Å². The number of anilines is 2. The molecule has 1 heterocycles. The van der Waals surface area contributed by atoms with Crippen LogP contribution in [0.1, 0.15) is 30.1 Å². The van der Waals surface area contributed by atoms with E-state index in [0.717, 1.165) is 38.2 Å². The second-order valence-corrected chi connectivity index (χ2v) is 7.46. The summed E-state index contributed by atoms with van der Waals surface area (Å²) < 4.78 is 13.0. The van der Waals surface area contributed by atoms with E-state index < -0.39 is 0 Å². The fraction of sp³-hybridized carbons (Fsp3) is 0.381. The van der Waals surface area contributed by atoms with Crippen molar-refractivity contribution >= 4 is 53.7 Å². The molecule has 2 unspecified atom stereocenters. The second-order valence-electron chi connectivity index (χ2n) is 6.90. The molecule has 0 bridgehead atoms. The molecular formula is C21H27Cl3FN3O. The Morgan fingerprint density at radius 1 is 1.17 bits per heavy atom. The van der Waals surface area contributed by atoms with Crippen molar-refractivity contribution in [2.24, 2.45) is 0 Å². The number of hydrogen-bond acceptors (Lipinski definition) is 3. The summed E-state index contributed by atoms with van der Waals surface area (Å²) in [6.45, 7) is 5.18. The van der Waals surface area contributed by atoms with Crippen LogP contribution in [0.5, 0.6) is 0 Å². The Balaban J connectivity index is 0.00000210. The van der Waals surface area contributed by atoms with Gasteiger partial charge in [0.05, 0.1) is 5.38 Å². The number of alkyl halides is 1. The highest BCUT2D eigenvalue weighted by Crippen LogP contribution is 2.23. The zero-order chi connectivity index (χ0) is 19.2. The Morgan fingerprint density at radius 2 is 1.86 bits per heavy atom. The normalized spacial score (nSPS) is 18.9. The standard InChI is InChI=1S/C21H25ClFN3O.2ClH/c1-2-11-26-12-10-20(19(22)14-26)24-17-4-3-5-18(13-17)25-21(27)15-6-8-16(23)9-7-15;;/h3-9,13,19-20,24H,2,10-12,14H2,1H3,(H,25,27);2*1H. The van der Waals surface area contributed by atoms with Gasteiger partial charge in [0.25, 0.3) is 5.91 Å². The molecule has 2 aromatic carbocycles. The van der Waals surface area contributed by atoms with E-state index in [1.165, 1.54) is 24.3 Å². The van der Waals surface area contributed by atoms with Crippen LogP contribution < -0.4 is 10.6 Å². The quantitative estimate of drug-likeness (QED) is 0.563. The molecule has 1 aliphatic heterocycles. The molecule has 160 valence electrons. The number of carbonyl (C=O) groups excluding carboxylic acids is 1. The van der Waals surface area contributed by atoms with E-state index >= 15 is 0 Å². The highest BCUT2D eigenvalue weighted by atomic mass is 35.5. The van der Waals surface area contributed by atoms with Gasteiger partial charge in [-0.05, 0) is 61.9 Å². The van der Waals surface area contributed by atoms with Crippen molar-refractivity contribution in [1.29, 1.82) is 0 Å². The fourth-order valence-corrected chi connectivity index (χ4v) is 3.74. The number of nitrogens with zero attached hydrogens (tertiary/aromatic N) is 1. The van der Waals surface area contributed by atoms with Crippen LogP contribution >= 0.6 is 36.4 Å². The molecular weight excluding hydrogens is 436 g/mol. The lowest BCUT2D eigenvalue weighted by molar-refractivity contribution is 0.102. The summed E-state index contributed by atoms with van der Waals surface area (Å²) in [5, 5.41) is 6.39. The van der Waals surface area contributed by atoms with Gasteiger partial charge in [0.1, 0.15) is 5.82 Å². The van der Waals surface area contributed by atoms with Crippen molar-refractivity contribution in [2.75, 3.05) is 30.3 Å². The average molecular weight is 463 g/mol. The van der Waals surface area contributed by atoms with Crippen molar-refractivity contribution in [2.45, 2.75) is 31.2 Å². The Bertz CT molecular complexity index is 776. The Labute approximate surface area is 189 Å². The Morgan fingerprint density at radius 3 is 2.52 bits per heavy atom. The van der Waals surface area contributed by atoms with Gasteiger partial charge in [0.15, 0.2) is 0 Å². The molecule has 2 aromatic rings. The van der Waals surface area contributed by atoms with E-state index in [2.05, 4.69) is 22.5 Å². The van der Waals surface area contributed by atoms with E-state index in [9.17, 15) is 9.18 Å². The van der Waals surface area contributed by atoms with Crippen LogP contribution in [-0.2, 0) is 0 Å². The van der Waals surface area contributed by atoms with E-state index in [0.29, 0.717) is 11.3 Å². The second kappa shape index (κ2) is 12.2. The topological polar surface area (TPSA) is 44.4 Å². The first-order valence-corrected chi connectivity index (χ1v) is 9.78. The highest BCUT2D eigenvalue weighted by Gasteiger charge is 2.27. The molecule has 8 heteroatoms. The third kappa shape index (κ3) is 7.34. The molecule has 2 N–H and O–H groups in total. The average Bonchev–Trinajstić information content (AvgIpc) is 2.65. The summed E-state index contributed by atoms with van der Waals surface area (Å²) in [6.07, 6.45) is 2.12. The lowest BCUT2D eigenvalue weighted by Gasteiger charge is -2.36. The maximum absolute atomic E-state index is 13.0. The van der Waals surface area contributed by atoms with Gasteiger partial charge < -0.3 is 15.5 Å². The largest absolute Gasteiger partial charge is 0.381 e. The number of halogens is 4. The minimum atomic E-state index is -0.363. The van der Waals surface area contributed by atoms with Crippen LogP contribution in [0, 0.1) is 5.82 Å². The van der Waals surface area contributed by atoms with Gasteiger partial charge in [-0.25, -0.2) is 4.39 Å². The van der Waals surface area contributed by atoms with Crippen LogP contribution in [0.15, 0.2) is 48.5 Å². The van der Waals surface area contributed by atoms with Crippen molar-refractivity contribution < 1.29 is 9.18 Å². The van der Waals surface area contributed by atoms with Crippen molar-refractivity contribution in [3.63, 3.8) is 0 Å². The minimum Gasteiger partial charge on any atom is -0.381 e. The number of likely N-dealkylation sites (tertiary alicyclic amines) is 1. The van der Waals surface area contributed by atoms with Crippen LogP contribution in [0.4, 0.5) is 15.8 Å². The lowest BCUT2D eigenvalue weighted by Crippen LogP contribution is -2.47. The number of rotatable bonds is 6. The van der Waals surface area contributed by atoms with Gasteiger partial charge in [-0.2, -0.15) is 0 Å². The molecule has 1 fully saturated rings. The van der Waals surface area contributed by atoms with Crippen LogP contribution in [0.25, 0.3) is 0 Å². The molecule has 1 amide bonds. The summed E-state index contributed by atoms with van der Waals surface area (Å²) in [7, 11) is 0. The van der Waals surface area contributed by atoms with Crippen LogP contribution in [0.3, 0.4) is 0 Å². The molecule has 0 spiro atoms. The first-order valence-electron chi connectivity index (χ1n) is 9.35. The molecule has 0 saturated carbocycles. The lowest BCUT2D eigenvalue weighted by atomic mass is 10.0. The Hall–Kier alpha value is -1.53. The summed E-state index contributed by atoms with van der Waals surface area (Å²) in [4.78, 5) is 14.7. The van der Waals surface area contributed by atoms with E-state index in [-0.39, 0.29) is 48.0 Å². The number of hydrogen-bond donors (Lipinski definition) is 2. The van der Waals surface area contributed by atoms with Gasteiger partial charge >= 0.3 is 0 Å². The highest BCUT2D eigenvalue weighted by molar-refractivity contribution is 6.21. The summed E-state index contributed by atoms with van der Waals surface area (Å²) >= 11 is 6.58. The first kappa shape index (κ1) is 25.5.